The van der Waals surface area contributed by atoms with Crippen molar-refractivity contribution < 1.29 is 4.79 Å². The fraction of sp³-hybridized carbons (Fsp3) is 0.111. The van der Waals surface area contributed by atoms with Gasteiger partial charge in [-0.1, -0.05) is 29.8 Å². The van der Waals surface area contributed by atoms with Crippen molar-refractivity contribution in [1.82, 2.24) is 24.8 Å². The monoisotopic (exact) mass is 378 g/mol. The molecule has 0 aliphatic carbocycles. The summed E-state index contributed by atoms with van der Waals surface area (Å²) in [7, 11) is 0. The molecular weight excluding hydrogens is 368 g/mol. The number of aromatic amines is 1. The largest absolute Gasteiger partial charge is 0.304 e. The van der Waals surface area contributed by atoms with Gasteiger partial charge in [0.1, 0.15) is 17.3 Å². The SMILES string of the molecule is CC(=O)c1nnc2c3c(-c4ccccc4Cl)c(C#N)c(=O)[nH]c3nn2c1C. The quantitative estimate of drug-likeness (QED) is 0.536. The maximum atomic E-state index is 12.4. The number of rotatable bonds is 2. The highest BCUT2D eigenvalue weighted by Gasteiger charge is 2.23. The summed E-state index contributed by atoms with van der Waals surface area (Å²) in [6, 6.07) is 8.83. The van der Waals surface area contributed by atoms with Crippen molar-refractivity contribution in [2.75, 3.05) is 0 Å². The maximum absolute atomic E-state index is 12.4. The van der Waals surface area contributed by atoms with Crippen LogP contribution in [0.25, 0.3) is 27.8 Å². The number of benzene rings is 1. The second kappa shape index (κ2) is 6.00. The Balaban J connectivity index is 2.27. The Morgan fingerprint density at radius 3 is 2.70 bits per heavy atom. The van der Waals surface area contributed by atoms with Gasteiger partial charge < -0.3 is 4.98 Å². The van der Waals surface area contributed by atoms with Crippen molar-refractivity contribution in [1.29, 1.82) is 5.26 Å². The number of hydrogen-bond donors (Lipinski definition) is 1. The number of pyridine rings is 1. The molecule has 1 aromatic carbocycles. The number of nitrogens with zero attached hydrogens (tertiary/aromatic N) is 5. The summed E-state index contributed by atoms with van der Waals surface area (Å²) in [5, 5.41) is 22.9. The minimum absolute atomic E-state index is 0.0967. The number of carbonyl (C=O) groups is 1. The molecule has 8 nitrogen and oxygen atoms in total. The standard InChI is InChI=1S/C18H11ClN6O2/c1-8-15(9(2)26)22-23-17-14-13(10-5-3-4-6-12(10)19)11(7-20)18(27)21-16(14)24-25(8)17/h3-6H,1-2H3,(H,21,24,27). The molecule has 0 bridgehead atoms. The molecule has 0 unspecified atom stereocenters. The Morgan fingerprint density at radius 2 is 2.04 bits per heavy atom. The molecular formula is C18H11ClN6O2. The topological polar surface area (TPSA) is 117 Å². The van der Waals surface area contributed by atoms with Crippen LogP contribution < -0.4 is 5.56 Å². The number of fused-ring (bicyclic) bond motifs is 3. The Labute approximate surface area is 157 Å². The van der Waals surface area contributed by atoms with Crippen LogP contribution in [0.15, 0.2) is 29.1 Å². The van der Waals surface area contributed by atoms with E-state index in [1.54, 1.807) is 31.2 Å². The molecule has 0 atom stereocenters. The van der Waals surface area contributed by atoms with Crippen LogP contribution in [0, 0.1) is 18.3 Å². The van der Waals surface area contributed by atoms with Crippen LogP contribution in [-0.2, 0) is 0 Å². The number of H-pyrrole nitrogens is 1. The Hall–Kier alpha value is -3.57. The van der Waals surface area contributed by atoms with E-state index in [2.05, 4.69) is 20.3 Å². The zero-order valence-corrected chi connectivity index (χ0v) is 15.0. The van der Waals surface area contributed by atoms with Crippen molar-refractivity contribution >= 4 is 34.1 Å². The molecule has 3 aromatic heterocycles. The lowest BCUT2D eigenvalue weighted by atomic mass is 9.98. The molecule has 0 radical (unpaired) electrons. The van der Waals surface area contributed by atoms with Gasteiger partial charge in [-0.2, -0.15) is 5.26 Å². The minimum atomic E-state index is -0.583. The van der Waals surface area contributed by atoms with Gasteiger partial charge in [0, 0.05) is 23.1 Å². The number of nitrogens with one attached hydrogen (secondary N) is 1. The predicted molar refractivity (Wildman–Crippen MR) is 98.8 cm³/mol. The Morgan fingerprint density at radius 1 is 1.30 bits per heavy atom. The summed E-state index contributed by atoms with van der Waals surface area (Å²) in [6.07, 6.45) is 0. The molecule has 0 fully saturated rings. The van der Waals surface area contributed by atoms with Crippen molar-refractivity contribution in [3.05, 3.63) is 56.6 Å². The van der Waals surface area contributed by atoms with Gasteiger partial charge in [-0.15, -0.1) is 15.3 Å². The van der Waals surface area contributed by atoms with Crippen LogP contribution in [0.5, 0.6) is 0 Å². The molecule has 0 saturated carbocycles. The van der Waals surface area contributed by atoms with E-state index >= 15 is 0 Å². The highest BCUT2D eigenvalue weighted by molar-refractivity contribution is 6.34. The molecule has 1 N–H and O–H groups in total. The van der Waals surface area contributed by atoms with Gasteiger partial charge in [0.25, 0.3) is 5.56 Å². The summed E-state index contributed by atoms with van der Waals surface area (Å²) < 4.78 is 1.44. The van der Waals surface area contributed by atoms with Crippen molar-refractivity contribution in [2.45, 2.75) is 13.8 Å². The van der Waals surface area contributed by atoms with Gasteiger partial charge in [-0.05, 0) is 13.0 Å². The normalized spacial score (nSPS) is 11.0. The van der Waals surface area contributed by atoms with Gasteiger partial charge in [0.15, 0.2) is 17.1 Å². The molecule has 27 heavy (non-hydrogen) atoms. The first-order valence-corrected chi connectivity index (χ1v) is 8.29. The molecule has 9 heteroatoms. The third-order valence-electron chi connectivity index (χ3n) is 4.31. The van der Waals surface area contributed by atoms with Crippen LogP contribution >= 0.6 is 11.6 Å². The van der Waals surface area contributed by atoms with Crippen LogP contribution in [-0.4, -0.2) is 30.6 Å². The van der Waals surface area contributed by atoms with E-state index in [4.69, 9.17) is 11.6 Å². The van der Waals surface area contributed by atoms with Crippen molar-refractivity contribution in [2.24, 2.45) is 0 Å². The average molecular weight is 379 g/mol. The van der Waals surface area contributed by atoms with E-state index in [9.17, 15) is 14.9 Å². The second-order valence-corrected chi connectivity index (χ2v) is 6.35. The van der Waals surface area contributed by atoms with E-state index in [-0.39, 0.29) is 22.7 Å². The minimum Gasteiger partial charge on any atom is -0.304 e. The third kappa shape index (κ3) is 2.40. The first-order chi connectivity index (χ1) is 12.9. The van der Waals surface area contributed by atoms with E-state index in [1.165, 1.54) is 11.4 Å². The number of hydrogen-bond acceptors (Lipinski definition) is 6. The molecule has 0 aliphatic heterocycles. The molecule has 0 spiro atoms. The number of ketones is 1. The van der Waals surface area contributed by atoms with E-state index < -0.39 is 5.56 Å². The Kier molecular flexibility index (Phi) is 3.75. The highest BCUT2D eigenvalue weighted by atomic mass is 35.5. The number of aryl methyl sites for hydroxylation is 1. The zero-order chi connectivity index (χ0) is 19.3. The molecule has 0 saturated heterocycles. The molecule has 4 aromatic rings. The predicted octanol–water partition coefficient (Wildman–Crippen LogP) is 2.67. The lowest BCUT2D eigenvalue weighted by Crippen LogP contribution is -2.12. The van der Waals surface area contributed by atoms with Crippen LogP contribution in [0.1, 0.15) is 28.7 Å². The first kappa shape index (κ1) is 16.9. The van der Waals surface area contributed by atoms with Gasteiger partial charge in [0.2, 0.25) is 0 Å². The molecule has 0 aliphatic rings. The summed E-state index contributed by atoms with van der Waals surface area (Å²) in [5.74, 6) is -0.251. The van der Waals surface area contributed by atoms with Gasteiger partial charge in [0.05, 0.1) is 11.1 Å². The maximum Gasteiger partial charge on any atom is 0.268 e. The molecule has 3 heterocycles. The summed E-state index contributed by atoms with van der Waals surface area (Å²) in [4.78, 5) is 26.8. The number of carbonyl (C=O) groups excluding carboxylic acids is 1. The molecule has 132 valence electrons. The smallest absolute Gasteiger partial charge is 0.268 e. The second-order valence-electron chi connectivity index (χ2n) is 5.94. The lowest BCUT2D eigenvalue weighted by Gasteiger charge is -2.07. The zero-order valence-electron chi connectivity index (χ0n) is 14.2. The van der Waals surface area contributed by atoms with E-state index in [0.29, 0.717) is 32.9 Å². The van der Waals surface area contributed by atoms with Crippen LogP contribution in [0.3, 0.4) is 0 Å². The van der Waals surface area contributed by atoms with Crippen molar-refractivity contribution in [3.8, 4) is 17.2 Å². The van der Waals surface area contributed by atoms with Gasteiger partial charge in [-0.3, -0.25) is 9.59 Å². The van der Waals surface area contributed by atoms with Crippen LogP contribution in [0.2, 0.25) is 5.02 Å². The van der Waals surface area contributed by atoms with E-state index in [0.717, 1.165) is 0 Å². The van der Waals surface area contributed by atoms with Crippen molar-refractivity contribution in [3.63, 3.8) is 0 Å². The van der Waals surface area contributed by atoms with E-state index in [1.807, 2.05) is 6.07 Å². The van der Waals surface area contributed by atoms with Crippen LogP contribution in [0.4, 0.5) is 0 Å². The molecule has 0 amide bonds. The fourth-order valence-corrected chi connectivity index (χ4v) is 3.33. The van der Waals surface area contributed by atoms with Gasteiger partial charge in [-0.25, -0.2) is 4.52 Å². The lowest BCUT2D eigenvalue weighted by molar-refractivity contribution is 0.101. The number of nitriles is 1. The Bertz CT molecular complexity index is 1360. The first-order valence-electron chi connectivity index (χ1n) is 7.92. The summed E-state index contributed by atoms with van der Waals surface area (Å²) >= 11 is 6.33. The summed E-state index contributed by atoms with van der Waals surface area (Å²) in [5.41, 5.74) is 1.37. The highest BCUT2D eigenvalue weighted by Crippen LogP contribution is 2.35. The fourth-order valence-electron chi connectivity index (χ4n) is 3.10. The van der Waals surface area contributed by atoms with Gasteiger partial charge >= 0.3 is 0 Å². The average Bonchev–Trinajstić information content (AvgIpc) is 3.00. The summed E-state index contributed by atoms with van der Waals surface area (Å²) in [6.45, 7) is 3.07. The number of aromatic nitrogens is 5. The number of Topliss-reactive ketones (excluding diaryl/α,β-unsaturated/α-hetero) is 1. The molecule has 4 rings (SSSR count). The third-order valence-corrected chi connectivity index (χ3v) is 4.64. The number of halogens is 1.